The molecule has 5 rings (SSSR count). The van der Waals surface area contributed by atoms with Crippen molar-refractivity contribution in [1.82, 2.24) is 0 Å². The summed E-state index contributed by atoms with van der Waals surface area (Å²) >= 11 is 0. The number of carbonyl (C=O) groups excluding carboxylic acids is 1. The van der Waals surface area contributed by atoms with Crippen LogP contribution >= 0.6 is 0 Å². The van der Waals surface area contributed by atoms with Crippen LogP contribution in [-0.2, 0) is 19.0 Å². The predicted molar refractivity (Wildman–Crippen MR) is 152 cm³/mol. The highest BCUT2D eigenvalue weighted by Gasteiger charge is 2.69. The summed E-state index contributed by atoms with van der Waals surface area (Å²) in [5.41, 5.74) is -0.469. The van der Waals surface area contributed by atoms with E-state index in [0.717, 1.165) is 38.5 Å². The normalized spacial score (nSPS) is 49.0. The van der Waals surface area contributed by atoms with E-state index in [4.69, 9.17) is 14.2 Å². The first-order valence-electron chi connectivity index (χ1n) is 15.6. The zero-order chi connectivity index (χ0) is 29.6. The van der Waals surface area contributed by atoms with Gasteiger partial charge in [-0.1, -0.05) is 46.3 Å². The Morgan fingerprint density at radius 2 is 1.77 bits per heavy atom. The van der Waals surface area contributed by atoms with E-state index in [-0.39, 0.29) is 57.6 Å². The highest BCUT2D eigenvalue weighted by Crippen LogP contribution is 2.74. The number of hydrogen-bond acceptors (Lipinski definition) is 7. The number of esters is 1. The van der Waals surface area contributed by atoms with Crippen LogP contribution in [0.4, 0.5) is 0 Å². The van der Waals surface area contributed by atoms with Crippen LogP contribution in [0.3, 0.4) is 0 Å². The first-order valence-corrected chi connectivity index (χ1v) is 15.6. The standard InChI is InChI=1S/C33H54O7/c1-18(34)39-26-17-24-29(2,3)25(35)13-15-32(24,7)23-12-14-31(6)20(10-11-22(31)33(23,26)8)19-16-21(40-28(19)38-9)27(36)30(4,5)37/h11,19-21,23-28,35-37H,10,12-17H2,1-9H3/t19-,20+,21-,23-,24+,25-,26-,27+,28-,31+,32-,33+/m1/s1. The minimum atomic E-state index is -1.26. The van der Waals surface area contributed by atoms with Gasteiger partial charge >= 0.3 is 5.97 Å². The van der Waals surface area contributed by atoms with Crippen molar-refractivity contribution in [3.05, 3.63) is 11.6 Å². The van der Waals surface area contributed by atoms with E-state index in [9.17, 15) is 20.1 Å². The predicted octanol–water partition coefficient (Wildman–Crippen LogP) is 5.00. The molecular weight excluding hydrogens is 508 g/mol. The Labute approximate surface area is 241 Å². The fourth-order valence-electron chi connectivity index (χ4n) is 10.9. The Balaban J connectivity index is 1.51. The average Bonchev–Trinajstić information content (AvgIpc) is 3.43. The molecule has 40 heavy (non-hydrogen) atoms. The molecule has 12 atom stereocenters. The van der Waals surface area contributed by atoms with E-state index in [2.05, 4.69) is 40.7 Å². The third-order valence-corrected chi connectivity index (χ3v) is 13.0. The van der Waals surface area contributed by atoms with Crippen LogP contribution in [0.25, 0.3) is 0 Å². The summed E-state index contributed by atoms with van der Waals surface area (Å²) in [7, 11) is 1.67. The molecule has 0 spiro atoms. The highest BCUT2D eigenvalue weighted by molar-refractivity contribution is 5.66. The monoisotopic (exact) mass is 562 g/mol. The van der Waals surface area contributed by atoms with E-state index in [1.165, 1.54) is 12.5 Å². The fourth-order valence-corrected chi connectivity index (χ4v) is 10.9. The smallest absolute Gasteiger partial charge is 0.302 e. The third kappa shape index (κ3) is 4.27. The van der Waals surface area contributed by atoms with Gasteiger partial charge in [-0.25, -0.2) is 0 Å². The molecule has 228 valence electrons. The van der Waals surface area contributed by atoms with Crippen LogP contribution in [0, 0.1) is 45.3 Å². The third-order valence-electron chi connectivity index (χ3n) is 13.0. The molecule has 4 fully saturated rings. The maximum atomic E-state index is 12.5. The van der Waals surface area contributed by atoms with E-state index >= 15 is 0 Å². The van der Waals surface area contributed by atoms with Crippen molar-refractivity contribution in [3.8, 4) is 0 Å². The SMILES string of the molecule is CO[C@@H]1O[C@@H]([C@H](O)C(C)(C)O)C[C@@H]1[C@@H]1CC=C2[C@@]3(C)[C@H](CC[C@]21C)[C@@]1(C)CC[C@@H](O)C(C)(C)[C@@H]1C[C@H]3OC(C)=O. The molecule has 0 aromatic rings. The molecule has 0 aromatic carbocycles. The molecule has 1 aliphatic heterocycles. The zero-order valence-electron chi connectivity index (χ0n) is 26.2. The Bertz CT molecular complexity index is 1030. The summed E-state index contributed by atoms with van der Waals surface area (Å²) in [6.45, 7) is 16.4. The number of aliphatic hydroxyl groups excluding tert-OH is 2. The van der Waals surface area contributed by atoms with Crippen molar-refractivity contribution in [1.29, 1.82) is 0 Å². The quantitative estimate of drug-likeness (QED) is 0.320. The molecule has 0 radical (unpaired) electrons. The lowest BCUT2D eigenvalue weighted by Crippen LogP contribution is -2.66. The van der Waals surface area contributed by atoms with Crippen molar-refractivity contribution in [2.75, 3.05) is 7.11 Å². The van der Waals surface area contributed by atoms with Gasteiger partial charge in [0.2, 0.25) is 0 Å². The fraction of sp³-hybridized carbons (Fsp3) is 0.909. The van der Waals surface area contributed by atoms with Crippen LogP contribution in [0.15, 0.2) is 11.6 Å². The van der Waals surface area contributed by atoms with E-state index in [0.29, 0.717) is 12.3 Å². The second-order valence-electron chi connectivity index (χ2n) is 15.8. The number of carbonyl (C=O) groups is 1. The first kappa shape index (κ1) is 30.5. The topological polar surface area (TPSA) is 105 Å². The van der Waals surface area contributed by atoms with Gasteiger partial charge in [-0.3, -0.25) is 4.79 Å². The Morgan fingerprint density at radius 1 is 1.10 bits per heavy atom. The average molecular weight is 563 g/mol. The summed E-state index contributed by atoms with van der Waals surface area (Å²) in [4.78, 5) is 12.5. The van der Waals surface area contributed by atoms with Gasteiger partial charge in [0.25, 0.3) is 0 Å². The van der Waals surface area contributed by atoms with Gasteiger partial charge in [0, 0.05) is 25.4 Å². The van der Waals surface area contributed by atoms with Crippen LogP contribution in [0.2, 0.25) is 0 Å². The Hall–Kier alpha value is -0.990. The number of allylic oxidation sites excluding steroid dienone is 1. The minimum absolute atomic E-state index is 0.0435. The lowest BCUT2D eigenvalue weighted by atomic mass is 9.37. The maximum Gasteiger partial charge on any atom is 0.302 e. The molecule has 0 aromatic heterocycles. The summed E-state index contributed by atoms with van der Waals surface area (Å²) in [6, 6.07) is 0. The molecule has 5 aliphatic rings. The van der Waals surface area contributed by atoms with Crippen LogP contribution in [0.5, 0.6) is 0 Å². The van der Waals surface area contributed by atoms with Crippen molar-refractivity contribution < 1.29 is 34.3 Å². The molecule has 1 saturated heterocycles. The number of aliphatic hydroxyl groups is 3. The van der Waals surface area contributed by atoms with Gasteiger partial charge in [0.05, 0.1) is 17.8 Å². The molecule has 1 heterocycles. The summed E-state index contributed by atoms with van der Waals surface area (Å²) in [5.74, 6) is 0.706. The second kappa shape index (κ2) is 9.77. The lowest BCUT2D eigenvalue weighted by Gasteiger charge is -2.68. The van der Waals surface area contributed by atoms with Gasteiger partial charge < -0.3 is 29.5 Å². The van der Waals surface area contributed by atoms with E-state index < -0.39 is 24.1 Å². The Kier molecular flexibility index (Phi) is 7.44. The molecule has 0 bridgehead atoms. The maximum absolute atomic E-state index is 12.5. The molecule has 4 aliphatic carbocycles. The van der Waals surface area contributed by atoms with Crippen LogP contribution < -0.4 is 0 Å². The lowest BCUT2D eigenvalue weighted by molar-refractivity contribution is -0.223. The summed E-state index contributed by atoms with van der Waals surface area (Å²) in [6.07, 6.45) is 6.06. The van der Waals surface area contributed by atoms with Gasteiger partial charge in [-0.2, -0.15) is 0 Å². The van der Waals surface area contributed by atoms with Gasteiger partial charge in [-0.05, 0) is 92.8 Å². The number of rotatable bonds is 5. The molecule has 7 heteroatoms. The highest BCUT2D eigenvalue weighted by atomic mass is 16.7. The number of fused-ring (bicyclic) bond motifs is 5. The van der Waals surface area contributed by atoms with Crippen LogP contribution in [0.1, 0.15) is 100 Å². The van der Waals surface area contributed by atoms with Crippen molar-refractivity contribution in [3.63, 3.8) is 0 Å². The van der Waals surface area contributed by atoms with Crippen molar-refractivity contribution >= 4 is 5.97 Å². The second-order valence-corrected chi connectivity index (χ2v) is 15.8. The first-order chi connectivity index (χ1) is 18.4. The van der Waals surface area contributed by atoms with Crippen molar-refractivity contribution in [2.45, 2.75) is 137 Å². The van der Waals surface area contributed by atoms with Gasteiger partial charge in [-0.15, -0.1) is 0 Å². The molecule has 7 nitrogen and oxygen atoms in total. The largest absolute Gasteiger partial charge is 0.462 e. The van der Waals surface area contributed by atoms with Gasteiger partial charge in [0.1, 0.15) is 12.2 Å². The van der Waals surface area contributed by atoms with Crippen LogP contribution in [-0.4, -0.2) is 64.7 Å². The number of hydrogen-bond donors (Lipinski definition) is 3. The van der Waals surface area contributed by atoms with Gasteiger partial charge in [0.15, 0.2) is 6.29 Å². The molecular formula is C33H54O7. The number of ether oxygens (including phenoxy) is 3. The van der Waals surface area contributed by atoms with Crippen molar-refractivity contribution in [2.24, 2.45) is 45.3 Å². The molecule has 3 N–H and O–H groups in total. The Morgan fingerprint density at radius 3 is 2.38 bits per heavy atom. The molecule has 0 unspecified atom stereocenters. The minimum Gasteiger partial charge on any atom is -0.462 e. The van der Waals surface area contributed by atoms with E-state index in [1.807, 2.05) is 0 Å². The molecule has 3 saturated carbocycles. The van der Waals surface area contributed by atoms with E-state index in [1.54, 1.807) is 21.0 Å². The summed E-state index contributed by atoms with van der Waals surface area (Å²) in [5, 5.41) is 32.4. The number of methoxy groups -OCH3 is 1. The summed E-state index contributed by atoms with van der Waals surface area (Å²) < 4.78 is 18.3. The molecule has 0 amide bonds. The zero-order valence-corrected chi connectivity index (χ0v) is 26.2.